The number of hydrogen-bond donors (Lipinski definition) is 1. The number of halogens is 1. The summed E-state index contributed by atoms with van der Waals surface area (Å²) in [5.41, 5.74) is 1.17. The van der Waals surface area contributed by atoms with E-state index in [2.05, 4.69) is 21.2 Å². The summed E-state index contributed by atoms with van der Waals surface area (Å²) in [5.74, 6) is 0.989. The molecule has 1 heterocycles. The molecule has 2 amide bonds. The first-order valence-corrected chi connectivity index (χ1v) is 9.88. The van der Waals surface area contributed by atoms with Gasteiger partial charge in [0.2, 0.25) is 0 Å². The van der Waals surface area contributed by atoms with Gasteiger partial charge in [0.25, 0.3) is 11.8 Å². The summed E-state index contributed by atoms with van der Waals surface area (Å²) in [6.45, 7) is 1.22. The molecule has 0 bridgehead atoms. The van der Waals surface area contributed by atoms with Crippen molar-refractivity contribution >= 4 is 27.7 Å². The van der Waals surface area contributed by atoms with Crippen LogP contribution in [-0.2, 0) is 0 Å². The van der Waals surface area contributed by atoms with Crippen molar-refractivity contribution in [2.45, 2.75) is 18.9 Å². The minimum absolute atomic E-state index is 0.0230. The summed E-state index contributed by atoms with van der Waals surface area (Å²) in [6.07, 6.45) is 1.43. The van der Waals surface area contributed by atoms with Crippen molar-refractivity contribution in [3.05, 3.63) is 58.1 Å². The molecule has 28 heavy (non-hydrogen) atoms. The Labute approximate surface area is 172 Å². The van der Waals surface area contributed by atoms with Crippen LogP contribution in [-0.4, -0.2) is 50.1 Å². The van der Waals surface area contributed by atoms with Gasteiger partial charge >= 0.3 is 0 Å². The fraction of sp³-hybridized carbons (Fsp3) is 0.333. The first-order valence-electron chi connectivity index (χ1n) is 9.09. The minimum atomic E-state index is -0.171. The lowest BCUT2D eigenvalue weighted by Crippen LogP contribution is -2.46. The smallest absolute Gasteiger partial charge is 0.253 e. The zero-order valence-corrected chi connectivity index (χ0v) is 17.5. The Hall–Kier alpha value is -2.54. The van der Waals surface area contributed by atoms with E-state index in [-0.39, 0.29) is 17.9 Å². The van der Waals surface area contributed by atoms with Crippen molar-refractivity contribution in [1.29, 1.82) is 0 Å². The van der Waals surface area contributed by atoms with Gasteiger partial charge < -0.3 is 19.7 Å². The standard InChI is InChI=1S/C21H23BrN2O4/c1-27-18-11-15(12-19(13-18)28-2)20(25)23-17-7-9-24(10-8-17)21(26)14-3-5-16(22)6-4-14/h3-6,11-13,17H,7-10H2,1-2H3,(H,23,25). The zero-order chi connectivity index (χ0) is 20.1. The maximum Gasteiger partial charge on any atom is 0.253 e. The van der Waals surface area contributed by atoms with Crippen LogP contribution in [0.2, 0.25) is 0 Å². The van der Waals surface area contributed by atoms with Gasteiger partial charge in [0.05, 0.1) is 14.2 Å². The van der Waals surface area contributed by atoms with E-state index in [0.717, 1.165) is 17.3 Å². The first-order chi connectivity index (χ1) is 13.5. The Balaban J connectivity index is 1.57. The summed E-state index contributed by atoms with van der Waals surface area (Å²) in [7, 11) is 3.10. The summed E-state index contributed by atoms with van der Waals surface area (Å²) >= 11 is 3.38. The van der Waals surface area contributed by atoms with Crippen LogP contribution in [0, 0.1) is 0 Å². The van der Waals surface area contributed by atoms with Crippen LogP contribution in [0.25, 0.3) is 0 Å². The van der Waals surface area contributed by atoms with Gasteiger partial charge in [-0.3, -0.25) is 9.59 Å². The lowest BCUT2D eigenvalue weighted by molar-refractivity contribution is 0.0698. The molecule has 7 heteroatoms. The van der Waals surface area contributed by atoms with E-state index >= 15 is 0 Å². The number of nitrogens with one attached hydrogen (secondary N) is 1. The third-order valence-electron chi connectivity index (χ3n) is 4.82. The van der Waals surface area contributed by atoms with Crippen molar-refractivity contribution < 1.29 is 19.1 Å². The molecule has 0 saturated carbocycles. The van der Waals surface area contributed by atoms with E-state index < -0.39 is 0 Å². The lowest BCUT2D eigenvalue weighted by Gasteiger charge is -2.32. The van der Waals surface area contributed by atoms with E-state index in [1.165, 1.54) is 0 Å². The molecule has 1 fully saturated rings. The molecule has 1 aliphatic rings. The monoisotopic (exact) mass is 446 g/mol. The van der Waals surface area contributed by atoms with Crippen molar-refractivity contribution in [2.24, 2.45) is 0 Å². The number of hydrogen-bond acceptors (Lipinski definition) is 4. The summed E-state index contributed by atoms with van der Waals surface area (Å²) in [6, 6.07) is 12.5. The Morgan fingerprint density at radius 1 is 0.964 bits per heavy atom. The molecular weight excluding hydrogens is 424 g/mol. The van der Waals surface area contributed by atoms with Gasteiger partial charge in [-0.05, 0) is 49.2 Å². The number of amides is 2. The van der Waals surface area contributed by atoms with Gasteiger partial charge in [0.15, 0.2) is 0 Å². The molecule has 0 radical (unpaired) electrons. The first kappa shape index (κ1) is 20.2. The molecule has 1 aliphatic heterocycles. The van der Waals surface area contributed by atoms with E-state index in [9.17, 15) is 9.59 Å². The van der Waals surface area contributed by atoms with Crippen molar-refractivity contribution in [2.75, 3.05) is 27.3 Å². The largest absolute Gasteiger partial charge is 0.497 e. The molecular formula is C21H23BrN2O4. The number of methoxy groups -OCH3 is 2. The van der Waals surface area contributed by atoms with Crippen LogP contribution < -0.4 is 14.8 Å². The van der Waals surface area contributed by atoms with Crippen LogP contribution in [0.15, 0.2) is 46.9 Å². The van der Waals surface area contributed by atoms with Crippen molar-refractivity contribution in [3.8, 4) is 11.5 Å². The summed E-state index contributed by atoms with van der Waals surface area (Å²) in [5, 5.41) is 3.05. The Bertz CT molecular complexity index is 824. The Kier molecular flexibility index (Phi) is 6.57. The molecule has 0 unspecified atom stereocenters. The Morgan fingerprint density at radius 3 is 2.07 bits per heavy atom. The molecule has 0 atom stereocenters. The fourth-order valence-electron chi connectivity index (χ4n) is 3.21. The van der Waals surface area contributed by atoms with Crippen LogP contribution in [0.4, 0.5) is 0 Å². The number of carbonyl (C=O) groups is 2. The number of benzene rings is 2. The van der Waals surface area contributed by atoms with Crippen LogP contribution in [0.5, 0.6) is 11.5 Å². The maximum atomic E-state index is 12.6. The number of nitrogens with zero attached hydrogens (tertiary/aromatic N) is 1. The van der Waals surface area contributed by atoms with E-state index in [4.69, 9.17) is 9.47 Å². The molecule has 0 aromatic heterocycles. The highest BCUT2D eigenvalue weighted by Gasteiger charge is 2.25. The quantitative estimate of drug-likeness (QED) is 0.762. The fourth-order valence-corrected chi connectivity index (χ4v) is 3.47. The highest BCUT2D eigenvalue weighted by atomic mass is 79.9. The van der Waals surface area contributed by atoms with E-state index in [0.29, 0.717) is 35.7 Å². The molecule has 1 N–H and O–H groups in total. The average Bonchev–Trinajstić information content (AvgIpc) is 2.73. The lowest BCUT2D eigenvalue weighted by atomic mass is 10.0. The molecule has 0 spiro atoms. The van der Waals surface area contributed by atoms with Gasteiger partial charge in [0, 0.05) is 40.8 Å². The summed E-state index contributed by atoms with van der Waals surface area (Å²) < 4.78 is 11.4. The Morgan fingerprint density at radius 2 is 1.54 bits per heavy atom. The second-order valence-corrected chi connectivity index (χ2v) is 7.56. The molecule has 3 rings (SSSR count). The van der Waals surface area contributed by atoms with Crippen molar-refractivity contribution in [3.63, 3.8) is 0 Å². The molecule has 2 aromatic rings. The number of ether oxygens (including phenoxy) is 2. The molecule has 148 valence electrons. The maximum absolute atomic E-state index is 12.6. The van der Waals surface area contributed by atoms with Gasteiger partial charge in [-0.25, -0.2) is 0 Å². The predicted octanol–water partition coefficient (Wildman–Crippen LogP) is 3.50. The summed E-state index contributed by atoms with van der Waals surface area (Å²) in [4.78, 5) is 27.0. The average molecular weight is 447 g/mol. The van der Waals surface area contributed by atoms with E-state index in [1.54, 1.807) is 32.4 Å². The van der Waals surface area contributed by atoms with Gasteiger partial charge in [-0.15, -0.1) is 0 Å². The molecule has 1 saturated heterocycles. The van der Waals surface area contributed by atoms with Gasteiger partial charge in [0.1, 0.15) is 11.5 Å². The number of likely N-dealkylation sites (tertiary alicyclic amines) is 1. The highest BCUT2D eigenvalue weighted by Crippen LogP contribution is 2.23. The number of carbonyl (C=O) groups excluding carboxylic acids is 2. The number of rotatable bonds is 5. The van der Waals surface area contributed by atoms with Crippen LogP contribution in [0.3, 0.4) is 0 Å². The van der Waals surface area contributed by atoms with Crippen molar-refractivity contribution in [1.82, 2.24) is 10.2 Å². The highest BCUT2D eigenvalue weighted by molar-refractivity contribution is 9.10. The van der Waals surface area contributed by atoms with Gasteiger partial charge in [-0.2, -0.15) is 0 Å². The topological polar surface area (TPSA) is 67.9 Å². The predicted molar refractivity (Wildman–Crippen MR) is 110 cm³/mol. The normalized spacial score (nSPS) is 14.5. The minimum Gasteiger partial charge on any atom is -0.497 e. The van der Waals surface area contributed by atoms with Crippen LogP contribution >= 0.6 is 15.9 Å². The third kappa shape index (κ3) is 4.84. The number of piperidine rings is 1. The molecule has 0 aliphatic carbocycles. The van der Waals surface area contributed by atoms with Crippen LogP contribution in [0.1, 0.15) is 33.6 Å². The molecule has 2 aromatic carbocycles. The van der Waals surface area contributed by atoms with Gasteiger partial charge in [-0.1, -0.05) is 15.9 Å². The second kappa shape index (κ2) is 9.10. The SMILES string of the molecule is COc1cc(OC)cc(C(=O)NC2CCN(C(=O)c3ccc(Br)cc3)CC2)c1. The zero-order valence-electron chi connectivity index (χ0n) is 15.9. The molecule has 6 nitrogen and oxygen atoms in total. The third-order valence-corrected chi connectivity index (χ3v) is 5.35. The van der Waals surface area contributed by atoms with E-state index in [1.807, 2.05) is 29.2 Å². The second-order valence-electron chi connectivity index (χ2n) is 6.65.